The van der Waals surface area contributed by atoms with E-state index in [4.69, 9.17) is 10.6 Å². The van der Waals surface area contributed by atoms with E-state index in [-0.39, 0.29) is 12.8 Å². The number of hydrogen-bond donors (Lipinski definition) is 1. The molecule has 0 aromatic heterocycles. The van der Waals surface area contributed by atoms with Gasteiger partial charge in [-0.1, -0.05) is 19.7 Å². The van der Waals surface area contributed by atoms with Crippen LogP contribution in [0.3, 0.4) is 0 Å². The third kappa shape index (κ3) is 3.96. The second-order valence-electron chi connectivity index (χ2n) is 1.01. The molecule has 0 unspecified atom stereocenters. The molecule has 0 spiro atoms. The SMILES string of the molecule is [2H]C([2H])(C)CCC([2H])([2H])O. The van der Waals surface area contributed by atoms with E-state index in [2.05, 4.69) is 0 Å². The highest BCUT2D eigenvalue weighted by Gasteiger charge is 1.76. The molecule has 6 heavy (non-hydrogen) atoms. The lowest BCUT2D eigenvalue weighted by atomic mass is 10.3. The summed E-state index contributed by atoms with van der Waals surface area (Å²) in [6.07, 6.45) is -1.51. The zero-order valence-corrected chi connectivity index (χ0v) is 3.86. The Bertz CT molecular complexity index is 87.2. The van der Waals surface area contributed by atoms with E-state index in [0.29, 0.717) is 0 Å². The minimum atomic E-state index is -2.23. The zero-order chi connectivity index (χ0) is 8.41. The van der Waals surface area contributed by atoms with E-state index in [1.54, 1.807) is 0 Å². The van der Waals surface area contributed by atoms with Gasteiger partial charge < -0.3 is 5.11 Å². The predicted octanol–water partition coefficient (Wildman–Crippen LogP) is 1.17. The van der Waals surface area contributed by atoms with Crippen LogP contribution in [0.1, 0.15) is 31.6 Å². The fourth-order valence-electron chi connectivity index (χ4n) is 0.181. The van der Waals surface area contributed by atoms with Crippen molar-refractivity contribution in [1.29, 1.82) is 0 Å². The van der Waals surface area contributed by atoms with Crippen molar-refractivity contribution in [2.24, 2.45) is 0 Å². The summed E-state index contributed by atoms with van der Waals surface area (Å²) >= 11 is 0. The van der Waals surface area contributed by atoms with Crippen molar-refractivity contribution in [3.63, 3.8) is 0 Å². The lowest BCUT2D eigenvalue weighted by Crippen LogP contribution is -1.78. The lowest BCUT2D eigenvalue weighted by Gasteiger charge is -1.85. The summed E-state index contributed by atoms with van der Waals surface area (Å²) in [5.74, 6) is 0. The Morgan fingerprint density at radius 2 is 2.33 bits per heavy atom. The van der Waals surface area contributed by atoms with Gasteiger partial charge in [0.1, 0.15) is 0 Å². The molecule has 0 heterocycles. The zero-order valence-electron chi connectivity index (χ0n) is 7.86. The first-order valence-corrected chi connectivity index (χ1v) is 1.93. The van der Waals surface area contributed by atoms with Crippen molar-refractivity contribution in [1.82, 2.24) is 0 Å². The fraction of sp³-hybridized carbons (Fsp3) is 1.00. The maximum atomic E-state index is 8.55. The Morgan fingerprint density at radius 1 is 1.67 bits per heavy atom. The van der Waals surface area contributed by atoms with Gasteiger partial charge in [-0.3, -0.25) is 0 Å². The van der Waals surface area contributed by atoms with Crippen molar-refractivity contribution in [2.75, 3.05) is 6.56 Å². The van der Waals surface area contributed by atoms with Crippen LogP contribution in [0.25, 0.3) is 0 Å². The average molecular weight is 92.2 g/mol. The Hall–Kier alpha value is -0.0400. The highest BCUT2D eigenvalue weighted by Crippen LogP contribution is 1.89. The van der Waals surface area contributed by atoms with E-state index in [1.807, 2.05) is 0 Å². The van der Waals surface area contributed by atoms with Gasteiger partial charge in [-0.25, -0.2) is 0 Å². The Balaban J connectivity index is 3.56. The number of aliphatic hydroxyl groups is 1. The van der Waals surface area contributed by atoms with E-state index >= 15 is 0 Å². The van der Waals surface area contributed by atoms with Crippen molar-refractivity contribution >= 4 is 0 Å². The lowest BCUT2D eigenvalue weighted by molar-refractivity contribution is 0.284. The first-order valence-electron chi connectivity index (χ1n) is 3.93. The maximum Gasteiger partial charge on any atom is 0.0564 e. The first kappa shape index (κ1) is 1.83. The minimum Gasteiger partial charge on any atom is -0.396 e. The standard InChI is InChI=1S/C5H12O/c1-2-3-4-5-6/h6H,2-5H2,1H3/i2D2,5D2. The molecule has 0 aromatic rings. The van der Waals surface area contributed by atoms with Crippen molar-refractivity contribution in [3.8, 4) is 0 Å². The van der Waals surface area contributed by atoms with Crippen LogP contribution in [-0.4, -0.2) is 11.7 Å². The summed E-state index contributed by atoms with van der Waals surface area (Å²) < 4.78 is 27.3. The summed E-state index contributed by atoms with van der Waals surface area (Å²) in [6, 6.07) is 0. The quantitative estimate of drug-likeness (QED) is 0.554. The second-order valence-corrected chi connectivity index (χ2v) is 1.01. The molecule has 0 aliphatic carbocycles. The van der Waals surface area contributed by atoms with Gasteiger partial charge in [-0.05, 0) is 6.42 Å². The van der Waals surface area contributed by atoms with E-state index in [9.17, 15) is 0 Å². The molecule has 1 heteroatoms. The predicted molar refractivity (Wildman–Crippen MR) is 26.6 cm³/mol. The normalized spacial score (nSPS) is 23.7. The third-order valence-electron chi connectivity index (χ3n) is 0.487. The highest BCUT2D eigenvalue weighted by molar-refractivity contribution is 4.30. The Labute approximate surface area is 44.6 Å². The van der Waals surface area contributed by atoms with Crippen LogP contribution in [0.2, 0.25) is 0 Å². The van der Waals surface area contributed by atoms with Gasteiger partial charge in [0.15, 0.2) is 0 Å². The third-order valence-corrected chi connectivity index (χ3v) is 0.487. The Morgan fingerprint density at radius 3 is 2.50 bits per heavy atom. The minimum absolute atomic E-state index is 0.0382. The summed E-state index contributed by atoms with van der Waals surface area (Å²) in [5, 5.41) is 8.55. The second kappa shape index (κ2) is 4.96. The number of rotatable bonds is 3. The van der Waals surface area contributed by atoms with Crippen LogP contribution in [0, 0.1) is 0 Å². The monoisotopic (exact) mass is 92.1 g/mol. The Kier molecular flexibility index (Phi) is 1.51. The number of hydrogen-bond acceptors (Lipinski definition) is 1. The summed E-state index contributed by atoms with van der Waals surface area (Å²) in [7, 11) is 0. The molecule has 0 aromatic carbocycles. The van der Waals surface area contributed by atoms with Crippen LogP contribution in [0.5, 0.6) is 0 Å². The van der Waals surface area contributed by atoms with Gasteiger partial charge >= 0.3 is 0 Å². The van der Waals surface area contributed by atoms with Crippen LogP contribution in [0.15, 0.2) is 0 Å². The van der Waals surface area contributed by atoms with Gasteiger partial charge in [-0.2, -0.15) is 0 Å². The van der Waals surface area contributed by atoms with Crippen molar-refractivity contribution in [2.45, 2.75) is 26.1 Å². The van der Waals surface area contributed by atoms with Crippen LogP contribution >= 0.6 is 0 Å². The van der Waals surface area contributed by atoms with Gasteiger partial charge in [0.05, 0.1) is 2.74 Å². The summed E-state index contributed by atoms with van der Waals surface area (Å²) in [6.45, 7) is -0.873. The molecule has 0 atom stereocenters. The molecule has 0 rings (SSSR count). The van der Waals surface area contributed by atoms with E-state index in [0.717, 1.165) is 0 Å². The molecule has 0 saturated heterocycles. The topological polar surface area (TPSA) is 20.2 Å². The average Bonchev–Trinajstić information content (AvgIpc) is 1.57. The summed E-state index contributed by atoms with van der Waals surface area (Å²) in [4.78, 5) is 0. The van der Waals surface area contributed by atoms with Crippen LogP contribution in [-0.2, 0) is 0 Å². The molecular formula is C5H12O. The highest BCUT2D eigenvalue weighted by atomic mass is 16.2. The largest absolute Gasteiger partial charge is 0.396 e. The summed E-state index contributed by atoms with van der Waals surface area (Å²) in [5.41, 5.74) is 0. The van der Waals surface area contributed by atoms with Crippen molar-refractivity contribution < 1.29 is 10.6 Å². The van der Waals surface area contributed by atoms with Gasteiger partial charge in [0.2, 0.25) is 0 Å². The molecule has 1 N–H and O–H groups in total. The molecule has 0 amide bonds. The molecule has 0 fully saturated rings. The van der Waals surface area contributed by atoms with Gasteiger partial charge in [-0.15, -0.1) is 0 Å². The van der Waals surface area contributed by atoms with E-state index < -0.39 is 12.9 Å². The smallest absolute Gasteiger partial charge is 0.0564 e. The van der Waals surface area contributed by atoms with Gasteiger partial charge in [0, 0.05) is 9.30 Å². The van der Waals surface area contributed by atoms with E-state index in [1.165, 1.54) is 6.92 Å². The molecule has 0 aliphatic heterocycles. The first-order chi connectivity index (χ1) is 4.21. The van der Waals surface area contributed by atoms with Gasteiger partial charge in [0.25, 0.3) is 0 Å². The molecule has 0 saturated carbocycles. The molecule has 1 nitrogen and oxygen atoms in total. The maximum absolute atomic E-state index is 8.55. The molecule has 0 radical (unpaired) electrons. The molecule has 0 aliphatic rings. The molecule has 0 bridgehead atoms. The van der Waals surface area contributed by atoms with Crippen LogP contribution < -0.4 is 0 Å². The molecule has 38 valence electrons. The fourth-order valence-corrected chi connectivity index (χ4v) is 0.181. The van der Waals surface area contributed by atoms with Crippen molar-refractivity contribution in [3.05, 3.63) is 0 Å². The molecular weight excluding hydrogens is 76.1 g/mol. The van der Waals surface area contributed by atoms with Crippen LogP contribution in [0.4, 0.5) is 0 Å².